The SMILES string of the molecule is COc1ccccc1C(=O)OCC(=O)N1c2ccccc2SC[C@H]1c1ccccc1. The molecule has 1 heterocycles. The van der Waals surface area contributed by atoms with Crippen molar-refractivity contribution in [1.29, 1.82) is 0 Å². The Labute approximate surface area is 179 Å². The molecule has 3 aromatic rings. The molecule has 3 aromatic carbocycles. The minimum atomic E-state index is -0.586. The second kappa shape index (κ2) is 9.05. The van der Waals surface area contributed by atoms with E-state index in [1.165, 1.54) is 7.11 Å². The highest BCUT2D eigenvalue weighted by Crippen LogP contribution is 2.43. The Bertz CT molecular complexity index is 1050. The van der Waals surface area contributed by atoms with Crippen LogP contribution in [0.3, 0.4) is 0 Å². The number of rotatable bonds is 5. The van der Waals surface area contributed by atoms with Crippen molar-refractivity contribution in [3.8, 4) is 5.75 Å². The molecule has 0 unspecified atom stereocenters. The topological polar surface area (TPSA) is 55.8 Å². The number of benzene rings is 3. The molecule has 1 amide bonds. The highest BCUT2D eigenvalue weighted by molar-refractivity contribution is 7.99. The molecule has 0 fully saturated rings. The molecule has 0 saturated heterocycles. The molecular weight excluding hydrogens is 398 g/mol. The van der Waals surface area contributed by atoms with E-state index in [0.29, 0.717) is 11.3 Å². The maximum absolute atomic E-state index is 13.2. The Hall–Kier alpha value is -3.25. The van der Waals surface area contributed by atoms with E-state index in [1.54, 1.807) is 40.9 Å². The smallest absolute Gasteiger partial charge is 0.342 e. The van der Waals surface area contributed by atoms with Crippen LogP contribution in [-0.4, -0.2) is 31.3 Å². The van der Waals surface area contributed by atoms with Gasteiger partial charge in [-0.3, -0.25) is 9.69 Å². The van der Waals surface area contributed by atoms with Gasteiger partial charge >= 0.3 is 5.97 Å². The molecule has 30 heavy (non-hydrogen) atoms. The van der Waals surface area contributed by atoms with Crippen LogP contribution in [0.1, 0.15) is 22.0 Å². The van der Waals surface area contributed by atoms with Crippen LogP contribution in [0, 0.1) is 0 Å². The predicted octanol–water partition coefficient (Wildman–Crippen LogP) is 4.73. The standard InChI is InChI=1S/C24H21NO4S/c1-28-21-13-7-5-11-18(21)24(27)29-15-23(26)25-19-12-6-8-14-22(19)30-16-20(25)17-9-3-2-4-10-17/h2-14,20H,15-16H2,1H3/t20-/m0/s1. The van der Waals surface area contributed by atoms with Gasteiger partial charge in [0.25, 0.3) is 5.91 Å². The van der Waals surface area contributed by atoms with Crippen LogP contribution in [0.15, 0.2) is 83.8 Å². The zero-order chi connectivity index (χ0) is 20.9. The first-order chi connectivity index (χ1) is 14.7. The molecule has 0 spiro atoms. The number of thioether (sulfide) groups is 1. The number of hydrogen-bond donors (Lipinski definition) is 0. The summed E-state index contributed by atoms with van der Waals surface area (Å²) < 4.78 is 10.6. The lowest BCUT2D eigenvalue weighted by molar-refractivity contribution is -0.122. The zero-order valence-corrected chi connectivity index (χ0v) is 17.3. The number of para-hydroxylation sites is 2. The third kappa shape index (κ3) is 4.04. The maximum atomic E-state index is 13.2. The van der Waals surface area contributed by atoms with Gasteiger partial charge in [-0.25, -0.2) is 4.79 Å². The molecule has 0 N–H and O–H groups in total. The van der Waals surface area contributed by atoms with Crippen molar-refractivity contribution in [1.82, 2.24) is 0 Å². The van der Waals surface area contributed by atoms with Gasteiger partial charge in [-0.1, -0.05) is 54.6 Å². The third-order valence-electron chi connectivity index (χ3n) is 4.94. The number of hydrogen-bond acceptors (Lipinski definition) is 5. The molecule has 6 heteroatoms. The number of carbonyl (C=O) groups is 2. The largest absolute Gasteiger partial charge is 0.496 e. The van der Waals surface area contributed by atoms with Crippen LogP contribution in [-0.2, 0) is 9.53 Å². The number of nitrogens with zero attached hydrogens (tertiary/aromatic N) is 1. The van der Waals surface area contributed by atoms with Gasteiger partial charge in [0, 0.05) is 10.6 Å². The number of ether oxygens (including phenoxy) is 2. The molecule has 152 valence electrons. The number of anilines is 1. The van der Waals surface area contributed by atoms with E-state index < -0.39 is 5.97 Å². The van der Waals surface area contributed by atoms with E-state index in [2.05, 4.69) is 0 Å². The van der Waals surface area contributed by atoms with Gasteiger partial charge in [-0.15, -0.1) is 11.8 Å². The normalized spacial score (nSPS) is 15.2. The number of amides is 1. The molecule has 0 aliphatic carbocycles. The van der Waals surface area contributed by atoms with Gasteiger partial charge in [0.05, 0.1) is 18.8 Å². The van der Waals surface area contributed by atoms with E-state index >= 15 is 0 Å². The van der Waals surface area contributed by atoms with Gasteiger partial charge in [0.1, 0.15) is 11.3 Å². The second-order valence-corrected chi connectivity index (χ2v) is 7.81. The zero-order valence-electron chi connectivity index (χ0n) is 16.5. The van der Waals surface area contributed by atoms with Crippen molar-refractivity contribution in [3.05, 3.63) is 90.0 Å². The summed E-state index contributed by atoms with van der Waals surface area (Å²) in [5.41, 5.74) is 2.17. The molecular formula is C24H21NO4S. The van der Waals surface area contributed by atoms with E-state index in [9.17, 15) is 9.59 Å². The van der Waals surface area contributed by atoms with Gasteiger partial charge in [0.15, 0.2) is 6.61 Å². The molecule has 1 atom stereocenters. The average Bonchev–Trinajstić information content (AvgIpc) is 2.82. The first-order valence-corrected chi connectivity index (χ1v) is 10.6. The summed E-state index contributed by atoms with van der Waals surface area (Å²) in [5, 5.41) is 0. The molecule has 0 radical (unpaired) electrons. The molecule has 0 aromatic heterocycles. The first kappa shape index (κ1) is 20.0. The first-order valence-electron chi connectivity index (χ1n) is 9.58. The fraction of sp³-hybridized carbons (Fsp3) is 0.167. The lowest BCUT2D eigenvalue weighted by Crippen LogP contribution is -2.41. The predicted molar refractivity (Wildman–Crippen MR) is 117 cm³/mol. The highest BCUT2D eigenvalue weighted by atomic mass is 32.2. The Morgan fingerprint density at radius 3 is 2.47 bits per heavy atom. The lowest BCUT2D eigenvalue weighted by Gasteiger charge is -2.37. The van der Waals surface area contributed by atoms with Gasteiger partial charge in [-0.2, -0.15) is 0 Å². The van der Waals surface area contributed by atoms with Crippen molar-refractivity contribution in [2.75, 3.05) is 24.4 Å². The summed E-state index contributed by atoms with van der Waals surface area (Å²) in [4.78, 5) is 28.6. The van der Waals surface area contributed by atoms with Crippen LogP contribution in [0.2, 0.25) is 0 Å². The van der Waals surface area contributed by atoms with E-state index in [1.807, 2.05) is 54.6 Å². The fourth-order valence-corrected chi connectivity index (χ4v) is 4.67. The summed E-state index contributed by atoms with van der Waals surface area (Å²) in [5.74, 6) is 0.293. The van der Waals surface area contributed by atoms with Gasteiger partial charge in [-0.05, 0) is 29.8 Å². The summed E-state index contributed by atoms with van der Waals surface area (Å²) in [6.45, 7) is -0.348. The quantitative estimate of drug-likeness (QED) is 0.560. The second-order valence-electron chi connectivity index (χ2n) is 6.75. The van der Waals surface area contributed by atoms with Crippen molar-refractivity contribution >= 4 is 29.3 Å². The molecule has 4 rings (SSSR count). The lowest BCUT2D eigenvalue weighted by atomic mass is 10.1. The molecule has 0 bridgehead atoms. The Balaban J connectivity index is 1.57. The summed E-state index contributed by atoms with van der Waals surface area (Å²) in [7, 11) is 1.49. The summed E-state index contributed by atoms with van der Waals surface area (Å²) in [6.07, 6.45) is 0. The third-order valence-corrected chi connectivity index (χ3v) is 6.08. The number of fused-ring (bicyclic) bond motifs is 1. The number of esters is 1. The monoisotopic (exact) mass is 419 g/mol. The maximum Gasteiger partial charge on any atom is 0.342 e. The van der Waals surface area contributed by atoms with E-state index in [4.69, 9.17) is 9.47 Å². The minimum absolute atomic E-state index is 0.136. The Kier molecular flexibility index (Phi) is 6.05. The van der Waals surface area contributed by atoms with Crippen LogP contribution in [0.5, 0.6) is 5.75 Å². The van der Waals surface area contributed by atoms with Crippen molar-refractivity contribution in [2.24, 2.45) is 0 Å². The van der Waals surface area contributed by atoms with Crippen LogP contribution in [0.25, 0.3) is 0 Å². The van der Waals surface area contributed by atoms with Crippen LogP contribution in [0.4, 0.5) is 5.69 Å². The van der Waals surface area contributed by atoms with Crippen molar-refractivity contribution in [3.63, 3.8) is 0 Å². The highest BCUT2D eigenvalue weighted by Gasteiger charge is 2.33. The Morgan fingerprint density at radius 1 is 0.967 bits per heavy atom. The summed E-state index contributed by atoms with van der Waals surface area (Å²) in [6, 6.07) is 24.4. The van der Waals surface area contributed by atoms with Gasteiger partial charge < -0.3 is 9.47 Å². The Morgan fingerprint density at radius 2 is 1.67 bits per heavy atom. The van der Waals surface area contributed by atoms with Crippen LogP contribution >= 0.6 is 11.8 Å². The average molecular weight is 420 g/mol. The number of methoxy groups -OCH3 is 1. The molecule has 5 nitrogen and oxygen atoms in total. The van der Waals surface area contributed by atoms with Crippen molar-refractivity contribution < 1.29 is 19.1 Å². The minimum Gasteiger partial charge on any atom is -0.496 e. The fourth-order valence-electron chi connectivity index (χ4n) is 3.51. The molecule has 1 aliphatic heterocycles. The van der Waals surface area contributed by atoms with E-state index in [0.717, 1.165) is 21.9 Å². The molecule has 0 saturated carbocycles. The van der Waals surface area contributed by atoms with E-state index in [-0.39, 0.29) is 18.6 Å². The number of carbonyl (C=O) groups excluding carboxylic acids is 2. The molecule has 1 aliphatic rings. The van der Waals surface area contributed by atoms with Gasteiger partial charge in [0.2, 0.25) is 0 Å². The van der Waals surface area contributed by atoms with Crippen molar-refractivity contribution in [2.45, 2.75) is 10.9 Å². The summed E-state index contributed by atoms with van der Waals surface area (Å²) >= 11 is 1.72. The van der Waals surface area contributed by atoms with Crippen LogP contribution < -0.4 is 9.64 Å².